The molecule has 4 rings (SSSR count). The van der Waals surface area contributed by atoms with Crippen LogP contribution in [0.5, 0.6) is 0 Å². The van der Waals surface area contributed by atoms with Crippen molar-refractivity contribution in [2.75, 3.05) is 19.6 Å². The minimum absolute atomic E-state index is 0.431. The number of benzene rings is 1. The van der Waals surface area contributed by atoms with Gasteiger partial charge < -0.3 is 4.74 Å². The van der Waals surface area contributed by atoms with E-state index in [2.05, 4.69) is 36.2 Å². The van der Waals surface area contributed by atoms with E-state index in [0.29, 0.717) is 18.0 Å². The Balaban J connectivity index is 1.37. The fourth-order valence-electron chi connectivity index (χ4n) is 3.17. The first-order valence-corrected chi connectivity index (χ1v) is 8.47. The second kappa shape index (κ2) is 6.06. The van der Waals surface area contributed by atoms with Crippen LogP contribution in [-0.2, 0) is 11.3 Å². The van der Waals surface area contributed by atoms with E-state index in [1.807, 2.05) is 24.3 Å². The number of halogens is 1. The number of aromatic nitrogens is 4. The van der Waals surface area contributed by atoms with Gasteiger partial charge in [-0.05, 0) is 42.3 Å². The van der Waals surface area contributed by atoms with E-state index >= 15 is 0 Å². The first-order valence-electron chi connectivity index (χ1n) is 7.68. The van der Waals surface area contributed by atoms with E-state index < -0.39 is 0 Å². The minimum Gasteiger partial charge on any atom is -0.372 e. The van der Waals surface area contributed by atoms with Gasteiger partial charge in [0, 0.05) is 29.7 Å². The zero-order valence-electron chi connectivity index (χ0n) is 12.2. The molecule has 2 saturated heterocycles. The third kappa shape index (κ3) is 3.06. The molecule has 3 heterocycles. The minimum atomic E-state index is 0.431. The average molecular weight is 364 g/mol. The van der Waals surface area contributed by atoms with Gasteiger partial charge in [0.1, 0.15) is 0 Å². The summed E-state index contributed by atoms with van der Waals surface area (Å²) in [7, 11) is 0. The summed E-state index contributed by atoms with van der Waals surface area (Å²) in [5.41, 5.74) is 0.985. The highest BCUT2D eigenvalue weighted by Gasteiger charge is 2.33. The molecule has 2 aromatic rings. The Labute approximate surface area is 137 Å². The molecule has 6 nitrogen and oxygen atoms in total. The quantitative estimate of drug-likeness (QED) is 0.830. The largest absolute Gasteiger partial charge is 0.372 e. The predicted octanol–water partition coefficient (Wildman–Crippen LogP) is 1.97. The fourth-order valence-corrected chi connectivity index (χ4v) is 3.43. The zero-order valence-corrected chi connectivity index (χ0v) is 13.8. The molecular formula is C15H18BrN5O. The lowest BCUT2D eigenvalue weighted by Gasteiger charge is -2.31. The van der Waals surface area contributed by atoms with Crippen molar-refractivity contribution in [3.8, 4) is 11.4 Å². The fraction of sp³-hybridized carbons (Fsp3) is 0.533. The lowest BCUT2D eigenvalue weighted by molar-refractivity contribution is -0.0395. The molecule has 0 saturated carbocycles. The SMILES string of the molecule is Brc1ccc(-c2nnn(CCN3CC4CCC(C3)O4)n2)cc1. The first-order chi connectivity index (χ1) is 10.8. The van der Waals surface area contributed by atoms with E-state index in [4.69, 9.17) is 4.74 Å². The standard InChI is InChI=1S/C15H18BrN5O/c16-12-3-1-11(2-4-12)15-17-19-21(18-15)8-7-20-9-13-5-6-14(10-20)22-13/h1-4,13-14H,5-10H2. The Morgan fingerprint density at radius 3 is 2.55 bits per heavy atom. The molecule has 7 heteroatoms. The van der Waals surface area contributed by atoms with Gasteiger partial charge in [-0.3, -0.25) is 4.90 Å². The maximum absolute atomic E-state index is 5.86. The third-order valence-corrected chi connectivity index (χ3v) is 4.82. The highest BCUT2D eigenvalue weighted by atomic mass is 79.9. The van der Waals surface area contributed by atoms with Crippen molar-refractivity contribution in [3.63, 3.8) is 0 Å². The molecule has 2 unspecified atom stereocenters. The van der Waals surface area contributed by atoms with Crippen LogP contribution in [-0.4, -0.2) is 56.9 Å². The summed E-state index contributed by atoms with van der Waals surface area (Å²) >= 11 is 3.43. The summed E-state index contributed by atoms with van der Waals surface area (Å²) in [6, 6.07) is 7.95. The van der Waals surface area contributed by atoms with Crippen LogP contribution in [0.15, 0.2) is 28.7 Å². The number of nitrogens with zero attached hydrogens (tertiary/aromatic N) is 5. The van der Waals surface area contributed by atoms with Crippen molar-refractivity contribution >= 4 is 15.9 Å². The molecule has 2 aliphatic heterocycles. The lowest BCUT2D eigenvalue weighted by Crippen LogP contribution is -2.43. The molecule has 1 aromatic carbocycles. The Bertz CT molecular complexity index is 632. The second-order valence-electron chi connectivity index (χ2n) is 5.93. The van der Waals surface area contributed by atoms with Crippen molar-refractivity contribution in [1.82, 2.24) is 25.1 Å². The molecule has 2 atom stereocenters. The van der Waals surface area contributed by atoms with E-state index in [1.54, 1.807) is 4.80 Å². The summed E-state index contributed by atoms with van der Waals surface area (Å²) in [5, 5.41) is 12.8. The molecule has 2 aliphatic rings. The van der Waals surface area contributed by atoms with Gasteiger partial charge in [-0.15, -0.1) is 10.2 Å². The number of hydrogen-bond acceptors (Lipinski definition) is 5. The molecule has 1 aromatic heterocycles. The monoisotopic (exact) mass is 363 g/mol. The molecule has 0 aliphatic carbocycles. The third-order valence-electron chi connectivity index (χ3n) is 4.29. The first kappa shape index (κ1) is 14.3. The molecule has 0 N–H and O–H groups in total. The normalized spacial score (nSPS) is 24.8. The molecule has 2 bridgehead atoms. The van der Waals surface area contributed by atoms with Crippen molar-refractivity contribution in [3.05, 3.63) is 28.7 Å². The number of morpholine rings is 1. The number of hydrogen-bond donors (Lipinski definition) is 0. The van der Waals surface area contributed by atoms with E-state index in [9.17, 15) is 0 Å². The van der Waals surface area contributed by atoms with Crippen molar-refractivity contribution in [1.29, 1.82) is 0 Å². The van der Waals surface area contributed by atoms with Crippen LogP contribution in [0.3, 0.4) is 0 Å². The Kier molecular flexibility index (Phi) is 3.94. The number of tetrazole rings is 1. The Morgan fingerprint density at radius 2 is 1.82 bits per heavy atom. The average Bonchev–Trinajstić information content (AvgIpc) is 3.13. The highest BCUT2D eigenvalue weighted by molar-refractivity contribution is 9.10. The van der Waals surface area contributed by atoms with Gasteiger partial charge in [-0.25, -0.2) is 0 Å². The Morgan fingerprint density at radius 1 is 1.09 bits per heavy atom. The zero-order chi connectivity index (χ0) is 14.9. The molecular weight excluding hydrogens is 346 g/mol. The van der Waals surface area contributed by atoms with Crippen LogP contribution in [0.1, 0.15) is 12.8 Å². The summed E-state index contributed by atoms with van der Waals surface area (Å²) in [6.45, 7) is 3.78. The second-order valence-corrected chi connectivity index (χ2v) is 6.85. The van der Waals surface area contributed by atoms with Crippen molar-refractivity contribution in [2.24, 2.45) is 0 Å². The molecule has 2 fully saturated rings. The highest BCUT2D eigenvalue weighted by Crippen LogP contribution is 2.26. The van der Waals surface area contributed by atoms with Crippen molar-refractivity contribution in [2.45, 2.75) is 31.6 Å². The molecule has 116 valence electrons. The van der Waals surface area contributed by atoms with Gasteiger partial charge >= 0.3 is 0 Å². The van der Waals surface area contributed by atoms with Gasteiger partial charge in [0.25, 0.3) is 0 Å². The predicted molar refractivity (Wildman–Crippen MR) is 85.3 cm³/mol. The summed E-state index contributed by atoms with van der Waals surface area (Å²) in [6.07, 6.45) is 3.27. The van der Waals surface area contributed by atoms with Gasteiger partial charge in [0.05, 0.1) is 18.8 Å². The van der Waals surface area contributed by atoms with Gasteiger partial charge in [-0.1, -0.05) is 15.9 Å². The maximum Gasteiger partial charge on any atom is 0.204 e. The topological polar surface area (TPSA) is 56.1 Å². The summed E-state index contributed by atoms with van der Waals surface area (Å²) in [4.78, 5) is 4.14. The number of rotatable bonds is 4. The number of fused-ring (bicyclic) bond motifs is 2. The lowest BCUT2D eigenvalue weighted by atomic mass is 10.2. The summed E-state index contributed by atoms with van der Waals surface area (Å²) in [5.74, 6) is 0.676. The summed E-state index contributed by atoms with van der Waals surface area (Å²) < 4.78 is 6.90. The van der Waals surface area contributed by atoms with Crippen LogP contribution in [0.25, 0.3) is 11.4 Å². The van der Waals surface area contributed by atoms with Crippen LogP contribution >= 0.6 is 15.9 Å². The maximum atomic E-state index is 5.86. The van der Waals surface area contributed by atoms with Crippen LogP contribution < -0.4 is 0 Å². The Hall–Kier alpha value is -1.31. The van der Waals surface area contributed by atoms with Gasteiger partial charge in [0.2, 0.25) is 5.82 Å². The number of likely N-dealkylation sites (tertiary alicyclic amines) is 1. The van der Waals surface area contributed by atoms with Gasteiger partial charge in [0.15, 0.2) is 0 Å². The van der Waals surface area contributed by atoms with Crippen LogP contribution in [0, 0.1) is 0 Å². The smallest absolute Gasteiger partial charge is 0.204 e. The van der Waals surface area contributed by atoms with Crippen LogP contribution in [0.2, 0.25) is 0 Å². The molecule has 0 spiro atoms. The van der Waals surface area contributed by atoms with E-state index in [0.717, 1.165) is 36.2 Å². The number of ether oxygens (including phenoxy) is 1. The van der Waals surface area contributed by atoms with Crippen LogP contribution in [0.4, 0.5) is 0 Å². The van der Waals surface area contributed by atoms with E-state index in [-0.39, 0.29) is 0 Å². The molecule has 22 heavy (non-hydrogen) atoms. The van der Waals surface area contributed by atoms with Crippen molar-refractivity contribution < 1.29 is 4.74 Å². The molecule has 0 amide bonds. The van der Waals surface area contributed by atoms with E-state index in [1.165, 1.54) is 12.8 Å². The molecule has 0 radical (unpaired) electrons. The van der Waals surface area contributed by atoms with Gasteiger partial charge in [-0.2, -0.15) is 4.80 Å².